The van der Waals surface area contributed by atoms with Crippen LogP contribution in [0.4, 0.5) is 0 Å². The van der Waals surface area contributed by atoms with E-state index in [1.54, 1.807) is 12.2 Å². The lowest BCUT2D eigenvalue weighted by molar-refractivity contribution is 1.32. The van der Waals surface area contributed by atoms with Crippen molar-refractivity contribution in [2.24, 2.45) is 0 Å². The molecule has 0 radical (unpaired) electrons. The minimum absolute atomic E-state index is 0.342. The lowest BCUT2D eigenvalue weighted by atomic mass is 10.2. The summed E-state index contributed by atoms with van der Waals surface area (Å²) in [5, 5.41) is 9.28. The van der Waals surface area contributed by atoms with Crippen molar-refractivity contribution in [1.29, 1.82) is 5.26 Å². The summed E-state index contributed by atoms with van der Waals surface area (Å²) in [5.74, 6) is 0. The fourth-order valence-corrected chi connectivity index (χ4v) is 1.30. The van der Waals surface area contributed by atoms with Crippen LogP contribution in [0.15, 0.2) is 18.5 Å². The Bertz CT molecular complexity index is 346. The summed E-state index contributed by atoms with van der Waals surface area (Å²) >= 11 is 11.7. The molecular formula is C9H6Cl2N2. The summed E-state index contributed by atoms with van der Waals surface area (Å²) in [7, 11) is 0. The first-order valence-electron chi connectivity index (χ1n) is 3.58. The van der Waals surface area contributed by atoms with E-state index in [0.29, 0.717) is 22.0 Å². The van der Waals surface area contributed by atoms with Gasteiger partial charge in [-0.15, -0.1) is 0 Å². The van der Waals surface area contributed by atoms with Crippen LogP contribution in [-0.2, 0) is 0 Å². The van der Waals surface area contributed by atoms with Gasteiger partial charge in [-0.2, -0.15) is 5.26 Å². The molecule has 0 saturated heterocycles. The quantitative estimate of drug-likeness (QED) is 0.755. The Hall–Kier alpha value is -1.04. The van der Waals surface area contributed by atoms with E-state index < -0.39 is 0 Å². The number of rotatable bonds is 2. The predicted octanol–water partition coefficient (Wildman–Crippen LogP) is 3.32. The second-order valence-electron chi connectivity index (χ2n) is 2.28. The standard InChI is InChI=1S/C9H6Cl2N2/c10-8-5-13-6-9(11)7(8)3-1-2-4-12/h1,3,5-6H,2H2. The van der Waals surface area contributed by atoms with E-state index in [-0.39, 0.29) is 0 Å². The Morgan fingerprint density at radius 2 is 2.00 bits per heavy atom. The molecule has 0 fully saturated rings. The van der Waals surface area contributed by atoms with Gasteiger partial charge in [0.1, 0.15) is 0 Å². The monoisotopic (exact) mass is 212 g/mol. The van der Waals surface area contributed by atoms with Crippen molar-refractivity contribution < 1.29 is 0 Å². The van der Waals surface area contributed by atoms with Crippen molar-refractivity contribution in [3.8, 4) is 6.07 Å². The van der Waals surface area contributed by atoms with Gasteiger partial charge in [0, 0.05) is 18.0 Å². The minimum atomic E-state index is 0.342. The normalized spacial score (nSPS) is 10.2. The number of nitriles is 1. The van der Waals surface area contributed by atoms with Crippen molar-refractivity contribution in [3.63, 3.8) is 0 Å². The van der Waals surface area contributed by atoms with E-state index in [4.69, 9.17) is 28.5 Å². The maximum Gasteiger partial charge on any atom is 0.0676 e. The third-order valence-electron chi connectivity index (χ3n) is 1.38. The molecule has 0 atom stereocenters. The summed E-state index contributed by atoms with van der Waals surface area (Å²) in [6.45, 7) is 0. The number of hydrogen-bond donors (Lipinski definition) is 0. The van der Waals surface area contributed by atoms with E-state index in [1.165, 1.54) is 12.4 Å². The Labute approximate surface area is 86.4 Å². The molecule has 0 amide bonds. The molecule has 0 aromatic carbocycles. The first-order chi connectivity index (χ1) is 6.25. The molecule has 0 aliphatic heterocycles. The third kappa shape index (κ3) is 2.73. The summed E-state index contributed by atoms with van der Waals surface area (Å²) in [6, 6.07) is 1.99. The molecule has 13 heavy (non-hydrogen) atoms. The van der Waals surface area contributed by atoms with E-state index in [9.17, 15) is 0 Å². The van der Waals surface area contributed by atoms with Crippen molar-refractivity contribution in [2.75, 3.05) is 0 Å². The maximum absolute atomic E-state index is 8.30. The molecule has 0 bridgehead atoms. The molecule has 0 aliphatic carbocycles. The number of aromatic nitrogens is 1. The zero-order valence-electron chi connectivity index (χ0n) is 6.67. The number of allylic oxidation sites excluding steroid dienone is 1. The fourth-order valence-electron chi connectivity index (χ4n) is 0.810. The van der Waals surface area contributed by atoms with Crippen molar-refractivity contribution in [3.05, 3.63) is 34.1 Å². The lowest BCUT2D eigenvalue weighted by Gasteiger charge is -1.98. The van der Waals surface area contributed by atoms with Gasteiger partial charge in [-0.05, 0) is 0 Å². The predicted molar refractivity (Wildman–Crippen MR) is 53.5 cm³/mol. The SMILES string of the molecule is N#CCC=Cc1c(Cl)cncc1Cl. The van der Waals surface area contributed by atoms with Gasteiger partial charge in [-0.25, -0.2) is 0 Å². The first kappa shape index (κ1) is 10.0. The Balaban J connectivity index is 2.94. The van der Waals surface area contributed by atoms with Gasteiger partial charge >= 0.3 is 0 Å². The molecule has 2 nitrogen and oxygen atoms in total. The van der Waals surface area contributed by atoms with Gasteiger partial charge in [-0.1, -0.05) is 35.4 Å². The van der Waals surface area contributed by atoms with E-state index in [1.807, 2.05) is 6.07 Å². The van der Waals surface area contributed by atoms with Crippen molar-refractivity contribution in [2.45, 2.75) is 6.42 Å². The molecule has 0 saturated carbocycles. The van der Waals surface area contributed by atoms with E-state index in [0.717, 1.165) is 0 Å². The van der Waals surface area contributed by atoms with Crippen LogP contribution in [-0.4, -0.2) is 4.98 Å². The second kappa shape index (κ2) is 4.86. The Kier molecular flexibility index (Phi) is 3.75. The number of pyridine rings is 1. The number of halogens is 2. The van der Waals surface area contributed by atoms with Crippen molar-refractivity contribution in [1.82, 2.24) is 4.98 Å². The highest BCUT2D eigenvalue weighted by molar-refractivity contribution is 6.36. The van der Waals surface area contributed by atoms with Gasteiger partial charge in [0.2, 0.25) is 0 Å². The second-order valence-corrected chi connectivity index (χ2v) is 3.10. The van der Waals surface area contributed by atoms with Crippen LogP contribution in [0.3, 0.4) is 0 Å². The zero-order valence-corrected chi connectivity index (χ0v) is 8.18. The molecular weight excluding hydrogens is 207 g/mol. The molecule has 66 valence electrons. The van der Waals surface area contributed by atoms with Crippen molar-refractivity contribution >= 4 is 29.3 Å². The van der Waals surface area contributed by atoms with Crippen LogP contribution >= 0.6 is 23.2 Å². The molecule has 1 rings (SSSR count). The highest BCUT2D eigenvalue weighted by Crippen LogP contribution is 2.24. The van der Waals surface area contributed by atoms with Gasteiger partial charge in [0.15, 0.2) is 0 Å². The molecule has 1 heterocycles. The van der Waals surface area contributed by atoms with Gasteiger partial charge in [-0.3, -0.25) is 4.98 Å². The van der Waals surface area contributed by atoms with Gasteiger partial charge in [0.05, 0.1) is 22.5 Å². The molecule has 4 heteroatoms. The van der Waals surface area contributed by atoms with Crippen LogP contribution in [0.5, 0.6) is 0 Å². The third-order valence-corrected chi connectivity index (χ3v) is 1.99. The molecule has 0 unspecified atom stereocenters. The van der Waals surface area contributed by atoms with Crippen LogP contribution in [0, 0.1) is 11.3 Å². The number of nitrogens with zero attached hydrogens (tertiary/aromatic N) is 2. The van der Waals surface area contributed by atoms with Crippen LogP contribution in [0.2, 0.25) is 10.0 Å². The van der Waals surface area contributed by atoms with Gasteiger partial charge < -0.3 is 0 Å². The van der Waals surface area contributed by atoms with Crippen LogP contribution in [0.1, 0.15) is 12.0 Å². The highest BCUT2D eigenvalue weighted by Gasteiger charge is 2.00. The van der Waals surface area contributed by atoms with Crippen LogP contribution < -0.4 is 0 Å². The van der Waals surface area contributed by atoms with Crippen LogP contribution in [0.25, 0.3) is 6.08 Å². The van der Waals surface area contributed by atoms with Gasteiger partial charge in [0.25, 0.3) is 0 Å². The summed E-state index contributed by atoms with van der Waals surface area (Å²) in [5.41, 5.74) is 0.702. The summed E-state index contributed by atoms with van der Waals surface area (Å²) in [4.78, 5) is 3.81. The largest absolute Gasteiger partial charge is 0.262 e. The first-order valence-corrected chi connectivity index (χ1v) is 4.34. The Morgan fingerprint density at radius 3 is 2.54 bits per heavy atom. The topological polar surface area (TPSA) is 36.7 Å². The van der Waals surface area contributed by atoms with E-state index in [2.05, 4.69) is 4.98 Å². The molecule has 0 N–H and O–H groups in total. The zero-order chi connectivity index (χ0) is 9.68. The average molecular weight is 213 g/mol. The smallest absolute Gasteiger partial charge is 0.0676 e. The maximum atomic E-state index is 8.30. The Morgan fingerprint density at radius 1 is 1.38 bits per heavy atom. The van der Waals surface area contributed by atoms with E-state index >= 15 is 0 Å². The average Bonchev–Trinajstić information content (AvgIpc) is 2.10. The highest BCUT2D eigenvalue weighted by atomic mass is 35.5. The molecule has 1 aromatic heterocycles. The molecule has 0 aliphatic rings. The minimum Gasteiger partial charge on any atom is -0.262 e. The fraction of sp³-hybridized carbons (Fsp3) is 0.111. The molecule has 0 spiro atoms. The summed E-state index contributed by atoms with van der Waals surface area (Å²) < 4.78 is 0. The molecule has 1 aromatic rings. The summed E-state index contributed by atoms with van der Waals surface area (Å²) in [6.07, 6.45) is 6.79. The number of hydrogen-bond acceptors (Lipinski definition) is 2. The lowest BCUT2D eigenvalue weighted by Crippen LogP contribution is -1.80.